The van der Waals surface area contributed by atoms with Gasteiger partial charge in [0.2, 0.25) is 5.91 Å². The van der Waals surface area contributed by atoms with Crippen molar-refractivity contribution in [2.75, 3.05) is 26.7 Å². The molecule has 1 aromatic rings. The smallest absolute Gasteiger partial charge is 0.277 e. The van der Waals surface area contributed by atoms with Crippen LogP contribution in [0, 0.1) is 20.2 Å². The van der Waals surface area contributed by atoms with Crippen LogP contribution in [0.2, 0.25) is 0 Å². The van der Waals surface area contributed by atoms with Crippen molar-refractivity contribution in [2.24, 2.45) is 0 Å². The van der Waals surface area contributed by atoms with Gasteiger partial charge in [-0.2, -0.15) is 0 Å². The third kappa shape index (κ3) is 5.95. The minimum absolute atomic E-state index is 0.0642. The molecule has 1 N–H and O–H groups in total. The Bertz CT molecular complexity index is 772. The zero-order valence-corrected chi connectivity index (χ0v) is 16.7. The summed E-state index contributed by atoms with van der Waals surface area (Å²) >= 11 is 0. The lowest BCUT2D eigenvalue weighted by Crippen LogP contribution is -2.48. The predicted molar refractivity (Wildman–Crippen MR) is 105 cm³/mol. The molecule has 1 heterocycles. The number of likely N-dealkylation sites (N-methyl/N-ethyl adjacent to an activating group) is 1. The number of nitrogens with zero attached hydrogens (tertiary/aromatic N) is 4. The fraction of sp³-hybridized carbons (Fsp3) is 0.556. The lowest BCUT2D eigenvalue weighted by atomic mass is 10.0. The molecule has 29 heavy (non-hydrogen) atoms. The first-order valence-corrected chi connectivity index (χ1v) is 9.31. The number of non-ortho nitro benzene ring substituents is 2. The van der Waals surface area contributed by atoms with Gasteiger partial charge in [-0.15, -0.1) is 0 Å². The Balaban J connectivity index is 2.02. The van der Waals surface area contributed by atoms with Crippen molar-refractivity contribution in [3.8, 4) is 0 Å². The summed E-state index contributed by atoms with van der Waals surface area (Å²) in [7, 11) is 1.85. The third-order valence-electron chi connectivity index (χ3n) is 4.79. The SMILES string of the molecule is CC(C)NC(=O)CN(C)C1CCN(C(=O)c2cc([N+](=O)[O-])cc([N+](=O)[O-])c2)CC1. The lowest BCUT2D eigenvalue weighted by molar-refractivity contribution is -0.394. The number of hydrogen-bond donors (Lipinski definition) is 1. The molecule has 0 atom stereocenters. The zero-order valence-electron chi connectivity index (χ0n) is 16.7. The Hall–Kier alpha value is -3.08. The maximum absolute atomic E-state index is 12.7. The zero-order chi connectivity index (χ0) is 21.7. The number of carbonyl (C=O) groups is 2. The number of piperidine rings is 1. The second-order valence-corrected chi connectivity index (χ2v) is 7.41. The maximum Gasteiger partial charge on any atom is 0.277 e. The Labute approximate surface area is 168 Å². The molecule has 0 saturated carbocycles. The van der Waals surface area contributed by atoms with Gasteiger partial charge in [0.1, 0.15) is 0 Å². The van der Waals surface area contributed by atoms with E-state index in [1.54, 1.807) is 0 Å². The average molecular weight is 407 g/mol. The lowest BCUT2D eigenvalue weighted by Gasteiger charge is -2.36. The van der Waals surface area contributed by atoms with E-state index >= 15 is 0 Å². The van der Waals surface area contributed by atoms with Crippen molar-refractivity contribution in [3.05, 3.63) is 44.0 Å². The Morgan fingerprint density at radius 2 is 1.66 bits per heavy atom. The molecule has 0 aliphatic carbocycles. The van der Waals surface area contributed by atoms with Crippen LogP contribution in [0.4, 0.5) is 11.4 Å². The second kappa shape index (κ2) is 9.41. The van der Waals surface area contributed by atoms with E-state index in [1.165, 1.54) is 4.90 Å². The van der Waals surface area contributed by atoms with Crippen molar-refractivity contribution in [1.82, 2.24) is 15.1 Å². The van der Waals surface area contributed by atoms with E-state index < -0.39 is 27.1 Å². The number of rotatable bonds is 7. The quantitative estimate of drug-likeness (QED) is 0.534. The molecule has 1 aliphatic heterocycles. The Kier molecular flexibility index (Phi) is 7.21. The minimum Gasteiger partial charge on any atom is -0.353 e. The van der Waals surface area contributed by atoms with Crippen molar-refractivity contribution in [3.63, 3.8) is 0 Å². The van der Waals surface area contributed by atoms with Crippen LogP contribution in [-0.4, -0.2) is 70.2 Å². The summed E-state index contributed by atoms with van der Waals surface area (Å²) in [5.74, 6) is -0.541. The van der Waals surface area contributed by atoms with Crippen LogP contribution in [0.15, 0.2) is 18.2 Å². The molecule has 1 aliphatic rings. The molecular formula is C18H25N5O6. The van der Waals surface area contributed by atoms with Crippen molar-refractivity contribution < 1.29 is 19.4 Å². The molecule has 11 heteroatoms. The van der Waals surface area contributed by atoms with Crippen LogP contribution in [0.3, 0.4) is 0 Å². The van der Waals surface area contributed by atoms with E-state index in [2.05, 4.69) is 5.32 Å². The number of amides is 2. The summed E-state index contributed by atoms with van der Waals surface area (Å²) in [5.41, 5.74) is -1.06. The number of benzene rings is 1. The summed E-state index contributed by atoms with van der Waals surface area (Å²) in [6.45, 7) is 4.83. The summed E-state index contributed by atoms with van der Waals surface area (Å²) in [6.07, 6.45) is 1.27. The highest BCUT2D eigenvalue weighted by Crippen LogP contribution is 2.25. The Morgan fingerprint density at radius 3 is 2.10 bits per heavy atom. The van der Waals surface area contributed by atoms with Crippen molar-refractivity contribution in [1.29, 1.82) is 0 Å². The molecule has 0 bridgehead atoms. The van der Waals surface area contributed by atoms with Gasteiger partial charge in [0.25, 0.3) is 17.3 Å². The molecule has 158 valence electrons. The molecule has 0 aromatic heterocycles. The monoisotopic (exact) mass is 407 g/mol. The molecule has 0 spiro atoms. The highest BCUT2D eigenvalue weighted by Gasteiger charge is 2.28. The molecule has 2 amide bonds. The van der Waals surface area contributed by atoms with Crippen LogP contribution in [0.25, 0.3) is 0 Å². The maximum atomic E-state index is 12.7. The first-order valence-electron chi connectivity index (χ1n) is 9.31. The van der Waals surface area contributed by atoms with E-state index in [1.807, 2.05) is 25.8 Å². The van der Waals surface area contributed by atoms with Gasteiger partial charge in [0.05, 0.1) is 28.0 Å². The molecule has 2 rings (SSSR count). The van der Waals surface area contributed by atoms with E-state index in [0.29, 0.717) is 25.9 Å². The fourth-order valence-corrected chi connectivity index (χ4v) is 3.34. The third-order valence-corrected chi connectivity index (χ3v) is 4.79. The van der Waals surface area contributed by atoms with E-state index in [0.717, 1.165) is 18.2 Å². The first-order chi connectivity index (χ1) is 13.6. The van der Waals surface area contributed by atoms with Gasteiger partial charge in [-0.3, -0.25) is 34.7 Å². The number of likely N-dealkylation sites (tertiary alicyclic amines) is 1. The molecule has 1 fully saturated rings. The number of hydrogen-bond acceptors (Lipinski definition) is 7. The van der Waals surface area contributed by atoms with Gasteiger partial charge in [-0.25, -0.2) is 0 Å². The number of nitrogens with one attached hydrogen (secondary N) is 1. The normalized spacial score (nSPS) is 14.9. The van der Waals surface area contributed by atoms with Crippen LogP contribution in [-0.2, 0) is 4.79 Å². The minimum atomic E-state index is -0.757. The van der Waals surface area contributed by atoms with E-state index in [9.17, 15) is 29.8 Å². The van der Waals surface area contributed by atoms with Gasteiger partial charge < -0.3 is 10.2 Å². The topological polar surface area (TPSA) is 139 Å². The van der Waals surface area contributed by atoms with E-state index in [4.69, 9.17) is 0 Å². The largest absolute Gasteiger partial charge is 0.353 e. The van der Waals surface area contributed by atoms with Gasteiger partial charge in [-0.05, 0) is 33.7 Å². The number of nitro benzene ring substituents is 2. The summed E-state index contributed by atoms with van der Waals surface area (Å²) in [5, 5.41) is 24.9. The van der Waals surface area contributed by atoms with Gasteiger partial charge in [-0.1, -0.05) is 0 Å². The summed E-state index contributed by atoms with van der Waals surface area (Å²) < 4.78 is 0. The van der Waals surface area contributed by atoms with Crippen LogP contribution >= 0.6 is 0 Å². The molecule has 11 nitrogen and oxygen atoms in total. The average Bonchev–Trinajstić information content (AvgIpc) is 2.66. The highest BCUT2D eigenvalue weighted by molar-refractivity contribution is 5.95. The molecule has 0 unspecified atom stereocenters. The second-order valence-electron chi connectivity index (χ2n) is 7.41. The van der Waals surface area contributed by atoms with Gasteiger partial charge >= 0.3 is 0 Å². The predicted octanol–water partition coefficient (Wildman–Crippen LogP) is 1.56. The fourth-order valence-electron chi connectivity index (χ4n) is 3.34. The molecule has 1 aromatic carbocycles. The Morgan fingerprint density at radius 1 is 1.14 bits per heavy atom. The molecule has 0 radical (unpaired) electrons. The van der Waals surface area contributed by atoms with Gasteiger partial charge in [0.15, 0.2) is 0 Å². The van der Waals surface area contributed by atoms with Gasteiger partial charge in [0, 0.05) is 37.3 Å². The highest BCUT2D eigenvalue weighted by atomic mass is 16.6. The first kappa shape index (κ1) is 22.2. The number of nitro groups is 2. The number of carbonyl (C=O) groups excluding carboxylic acids is 2. The van der Waals surface area contributed by atoms with Crippen molar-refractivity contribution >= 4 is 23.2 Å². The van der Waals surface area contributed by atoms with Crippen LogP contribution in [0.5, 0.6) is 0 Å². The van der Waals surface area contributed by atoms with Crippen LogP contribution < -0.4 is 5.32 Å². The summed E-state index contributed by atoms with van der Waals surface area (Å²) in [6, 6.07) is 3.14. The summed E-state index contributed by atoms with van der Waals surface area (Å²) in [4.78, 5) is 48.6. The molecule has 1 saturated heterocycles. The molecular weight excluding hydrogens is 382 g/mol. The van der Waals surface area contributed by atoms with Crippen LogP contribution in [0.1, 0.15) is 37.0 Å². The van der Waals surface area contributed by atoms with E-state index in [-0.39, 0.29) is 30.1 Å². The standard InChI is InChI=1S/C18H25N5O6/c1-12(2)19-17(24)11-20(3)14-4-6-21(7-5-14)18(25)13-8-15(22(26)27)10-16(9-13)23(28)29/h8-10,12,14H,4-7,11H2,1-3H3,(H,19,24). The van der Waals surface area contributed by atoms with Crippen molar-refractivity contribution in [2.45, 2.75) is 38.8 Å².